The Labute approximate surface area is 54.1 Å². The molecule has 0 saturated carbocycles. The number of rotatable bonds is 1. The van der Waals surface area contributed by atoms with Gasteiger partial charge in [0.1, 0.15) is 0 Å². The maximum Gasteiger partial charge on any atom is 0.0321 e. The van der Waals surface area contributed by atoms with Crippen molar-refractivity contribution in [2.45, 2.75) is 6.92 Å². The highest BCUT2D eigenvalue weighted by molar-refractivity contribution is 6.36. The molecule has 0 heterocycles. The smallest absolute Gasteiger partial charge is 0.0321 e. The predicted molar refractivity (Wildman–Crippen MR) is 34.3 cm³/mol. The van der Waals surface area contributed by atoms with Crippen LogP contribution in [0.5, 0.6) is 0 Å². The summed E-state index contributed by atoms with van der Waals surface area (Å²) in [6.07, 6.45) is 0. The molecule has 0 aromatic rings. The van der Waals surface area contributed by atoms with E-state index in [1.165, 1.54) is 5.54 Å². The highest BCUT2D eigenvalue weighted by Gasteiger charge is 1.94. The molecular formula is C5H7Cl2. The number of hydrogen-bond donors (Lipinski definition) is 0. The van der Waals surface area contributed by atoms with E-state index in [-0.39, 0.29) is 5.92 Å². The first-order valence-electron chi connectivity index (χ1n) is 1.97. The minimum atomic E-state index is 0.110. The van der Waals surface area contributed by atoms with Crippen molar-refractivity contribution in [3.63, 3.8) is 0 Å². The molecule has 0 spiro atoms. The first-order chi connectivity index (χ1) is 3.18. The summed E-state index contributed by atoms with van der Waals surface area (Å²) in [5.41, 5.74) is 1.33. The van der Waals surface area contributed by atoms with Crippen LogP contribution in [0.3, 0.4) is 0 Å². The van der Waals surface area contributed by atoms with Gasteiger partial charge in [0, 0.05) is 10.6 Å². The lowest BCUT2D eigenvalue weighted by Gasteiger charge is -1.96. The van der Waals surface area contributed by atoms with Crippen LogP contribution in [-0.4, -0.2) is 0 Å². The maximum atomic E-state index is 5.47. The van der Waals surface area contributed by atoms with Gasteiger partial charge in [0.15, 0.2) is 0 Å². The average Bonchev–Trinajstić information content (AvgIpc) is 1.65. The normalized spacial score (nSPS) is 13.0. The molecular weight excluding hydrogens is 131 g/mol. The molecule has 0 aliphatic rings. The van der Waals surface area contributed by atoms with E-state index >= 15 is 0 Å². The lowest BCUT2D eigenvalue weighted by Crippen LogP contribution is -1.82. The van der Waals surface area contributed by atoms with Gasteiger partial charge in [-0.25, -0.2) is 0 Å². The van der Waals surface area contributed by atoms with Gasteiger partial charge in [0.2, 0.25) is 0 Å². The number of hydrogen-bond acceptors (Lipinski definition) is 0. The predicted octanol–water partition coefficient (Wildman–Crippen LogP) is 2.78. The van der Waals surface area contributed by atoms with E-state index in [0.717, 1.165) is 0 Å². The fraction of sp³-hybridized carbons (Fsp3) is 0.400. The third-order valence-electron chi connectivity index (χ3n) is 0.575. The van der Waals surface area contributed by atoms with Gasteiger partial charge in [-0.05, 0) is 12.8 Å². The molecule has 0 fully saturated rings. The molecule has 0 N–H and O–H groups in total. The van der Waals surface area contributed by atoms with Crippen molar-refractivity contribution in [2.75, 3.05) is 0 Å². The summed E-state index contributed by atoms with van der Waals surface area (Å²) in [4.78, 5) is 0. The van der Waals surface area contributed by atoms with Crippen molar-refractivity contribution < 1.29 is 0 Å². The Morgan fingerprint density at radius 2 is 2.29 bits per heavy atom. The Balaban J connectivity index is 3.56. The fourth-order valence-electron chi connectivity index (χ4n) is 0.108. The van der Waals surface area contributed by atoms with E-state index < -0.39 is 0 Å². The van der Waals surface area contributed by atoms with Crippen molar-refractivity contribution >= 4 is 23.2 Å². The molecule has 0 saturated heterocycles. The quantitative estimate of drug-likeness (QED) is 0.522. The molecule has 0 aliphatic heterocycles. The molecule has 1 radical (unpaired) electrons. The summed E-state index contributed by atoms with van der Waals surface area (Å²) in [6.45, 7) is 5.50. The third-order valence-corrected chi connectivity index (χ3v) is 1.40. The summed E-state index contributed by atoms with van der Waals surface area (Å²) in [5, 5.41) is 0.599. The Bertz CT molecular complexity index is 74.1. The number of allylic oxidation sites excluding steroid dienone is 1. The summed E-state index contributed by atoms with van der Waals surface area (Å²) < 4.78 is 0. The summed E-state index contributed by atoms with van der Waals surface area (Å²) in [6, 6.07) is 0. The van der Waals surface area contributed by atoms with E-state index in [0.29, 0.717) is 5.03 Å². The van der Waals surface area contributed by atoms with E-state index in [2.05, 4.69) is 6.92 Å². The monoisotopic (exact) mass is 137 g/mol. The topological polar surface area (TPSA) is 0 Å². The van der Waals surface area contributed by atoms with Crippen LogP contribution in [0.2, 0.25) is 0 Å². The van der Waals surface area contributed by atoms with E-state index in [9.17, 15) is 0 Å². The van der Waals surface area contributed by atoms with Crippen LogP contribution >= 0.6 is 23.2 Å². The van der Waals surface area contributed by atoms with E-state index in [4.69, 9.17) is 23.2 Å². The molecule has 0 aliphatic carbocycles. The zero-order valence-electron chi connectivity index (χ0n) is 4.12. The third kappa shape index (κ3) is 2.95. The molecule has 1 unspecified atom stereocenters. The zero-order valence-corrected chi connectivity index (χ0v) is 5.63. The lowest BCUT2D eigenvalue weighted by molar-refractivity contribution is 0.917. The van der Waals surface area contributed by atoms with Crippen LogP contribution in [0.25, 0.3) is 0 Å². The zero-order chi connectivity index (χ0) is 5.86. The Morgan fingerprint density at radius 3 is 2.29 bits per heavy atom. The van der Waals surface area contributed by atoms with Crippen molar-refractivity contribution in [1.29, 1.82) is 0 Å². The highest BCUT2D eigenvalue weighted by atomic mass is 35.5. The van der Waals surface area contributed by atoms with Crippen LogP contribution in [0.1, 0.15) is 6.92 Å². The Hall–Kier alpha value is 0.320. The van der Waals surface area contributed by atoms with E-state index in [1.54, 1.807) is 0 Å². The second kappa shape index (κ2) is 3.34. The molecule has 0 amide bonds. The second-order valence-corrected chi connectivity index (χ2v) is 2.05. The van der Waals surface area contributed by atoms with Gasteiger partial charge in [0.25, 0.3) is 0 Å². The lowest BCUT2D eigenvalue weighted by atomic mass is 10.2. The van der Waals surface area contributed by atoms with Crippen molar-refractivity contribution in [3.05, 3.63) is 17.5 Å². The molecule has 41 valence electrons. The van der Waals surface area contributed by atoms with Crippen molar-refractivity contribution in [3.8, 4) is 0 Å². The molecule has 0 aromatic carbocycles. The van der Waals surface area contributed by atoms with Gasteiger partial charge in [-0.2, -0.15) is 0 Å². The van der Waals surface area contributed by atoms with Gasteiger partial charge < -0.3 is 0 Å². The molecule has 0 bridgehead atoms. The Morgan fingerprint density at radius 1 is 1.86 bits per heavy atom. The second-order valence-electron chi connectivity index (χ2n) is 1.40. The molecule has 7 heavy (non-hydrogen) atoms. The van der Waals surface area contributed by atoms with Crippen LogP contribution in [0.4, 0.5) is 0 Å². The first kappa shape index (κ1) is 7.32. The summed E-state index contributed by atoms with van der Waals surface area (Å²) in [5.74, 6) is 0.110. The standard InChI is InChI=1S/C5H7Cl2/c1-4(2)5(7)3-6/h3-4H,1H2,2H3/b5-3-. The van der Waals surface area contributed by atoms with Crippen molar-refractivity contribution in [1.82, 2.24) is 0 Å². The van der Waals surface area contributed by atoms with Crippen LogP contribution in [0, 0.1) is 12.8 Å². The van der Waals surface area contributed by atoms with Crippen LogP contribution in [0.15, 0.2) is 10.6 Å². The minimum Gasteiger partial charge on any atom is -0.0917 e. The first-order valence-corrected chi connectivity index (χ1v) is 2.78. The molecule has 2 heteroatoms. The molecule has 0 nitrogen and oxygen atoms in total. The minimum absolute atomic E-state index is 0.110. The largest absolute Gasteiger partial charge is 0.0917 e. The molecule has 0 aromatic heterocycles. The van der Waals surface area contributed by atoms with E-state index in [1.807, 2.05) is 6.92 Å². The Kier molecular flexibility index (Phi) is 3.49. The van der Waals surface area contributed by atoms with Crippen LogP contribution in [-0.2, 0) is 0 Å². The summed E-state index contributed by atoms with van der Waals surface area (Å²) in [7, 11) is 0. The van der Waals surface area contributed by atoms with Gasteiger partial charge in [-0.1, -0.05) is 30.1 Å². The number of halogens is 2. The van der Waals surface area contributed by atoms with Gasteiger partial charge in [0.05, 0.1) is 0 Å². The highest BCUT2D eigenvalue weighted by Crippen LogP contribution is 2.13. The van der Waals surface area contributed by atoms with Gasteiger partial charge >= 0.3 is 0 Å². The van der Waals surface area contributed by atoms with Gasteiger partial charge in [-0.3, -0.25) is 0 Å². The molecule has 1 atom stereocenters. The maximum absolute atomic E-state index is 5.47. The van der Waals surface area contributed by atoms with Crippen LogP contribution < -0.4 is 0 Å². The van der Waals surface area contributed by atoms with Gasteiger partial charge in [-0.15, -0.1) is 0 Å². The molecule has 0 rings (SSSR count). The average molecular weight is 138 g/mol. The SMILES string of the molecule is [CH2]C(C)/C(Cl)=C/Cl. The fourth-order valence-corrected chi connectivity index (χ4v) is 0.323. The van der Waals surface area contributed by atoms with Crippen molar-refractivity contribution in [2.24, 2.45) is 5.92 Å². The summed E-state index contributed by atoms with van der Waals surface area (Å²) >= 11 is 10.7.